The summed E-state index contributed by atoms with van der Waals surface area (Å²) in [5.41, 5.74) is 3.86. The van der Waals surface area contributed by atoms with E-state index in [0.717, 1.165) is 35.5 Å². The van der Waals surface area contributed by atoms with Gasteiger partial charge in [0.05, 0.1) is 11.1 Å². The zero-order chi connectivity index (χ0) is 22.2. The van der Waals surface area contributed by atoms with E-state index in [-0.39, 0.29) is 24.8 Å². The van der Waals surface area contributed by atoms with Gasteiger partial charge in [-0.05, 0) is 48.6 Å². The lowest BCUT2D eigenvalue weighted by molar-refractivity contribution is -0.136. The molecule has 3 aliphatic heterocycles. The predicted molar refractivity (Wildman–Crippen MR) is 117 cm³/mol. The summed E-state index contributed by atoms with van der Waals surface area (Å²) in [6, 6.07) is 12.7. The Morgan fingerprint density at radius 2 is 1.78 bits per heavy atom. The summed E-state index contributed by atoms with van der Waals surface area (Å²) in [5.74, 6) is -1.95. The largest absolute Gasteiger partial charge is 0.385 e. The number of amides is 4. The monoisotopic (exact) mass is 432 g/mol. The Balaban J connectivity index is 1.33. The van der Waals surface area contributed by atoms with Crippen LogP contribution in [0.3, 0.4) is 0 Å². The van der Waals surface area contributed by atoms with Crippen LogP contribution in [0.1, 0.15) is 63.6 Å². The SMILES string of the molecule is O=C1CCC(N2C(=O)c3ccc(CNC4CCCNc5ccccc54)cc3C2=O)C(=O)N1. The summed E-state index contributed by atoms with van der Waals surface area (Å²) in [6.07, 6.45) is 2.30. The molecule has 1 fully saturated rings. The summed E-state index contributed by atoms with van der Waals surface area (Å²) in [6.45, 7) is 1.48. The minimum absolute atomic E-state index is 0.108. The van der Waals surface area contributed by atoms with E-state index in [1.165, 1.54) is 5.56 Å². The Labute approximate surface area is 185 Å². The third kappa shape index (κ3) is 3.56. The van der Waals surface area contributed by atoms with Crippen LogP contribution in [0, 0.1) is 0 Å². The molecule has 2 unspecified atom stereocenters. The van der Waals surface area contributed by atoms with E-state index in [4.69, 9.17) is 0 Å². The molecule has 164 valence electrons. The molecule has 2 aromatic rings. The second-order valence-electron chi connectivity index (χ2n) is 8.42. The van der Waals surface area contributed by atoms with Gasteiger partial charge in [0.25, 0.3) is 11.8 Å². The first-order valence-electron chi connectivity index (χ1n) is 10.9. The number of rotatable bonds is 4. The van der Waals surface area contributed by atoms with Gasteiger partial charge < -0.3 is 10.6 Å². The summed E-state index contributed by atoms with van der Waals surface area (Å²) in [4.78, 5) is 50.5. The van der Waals surface area contributed by atoms with Gasteiger partial charge in [-0.1, -0.05) is 24.3 Å². The highest BCUT2D eigenvalue weighted by Crippen LogP contribution is 2.31. The van der Waals surface area contributed by atoms with Crippen molar-refractivity contribution in [1.29, 1.82) is 0 Å². The second kappa shape index (κ2) is 8.20. The van der Waals surface area contributed by atoms with Crippen molar-refractivity contribution < 1.29 is 19.2 Å². The predicted octanol–water partition coefficient (Wildman–Crippen LogP) is 2.12. The zero-order valence-corrected chi connectivity index (χ0v) is 17.5. The standard InChI is InChI=1S/C24H24N4O4/c29-21-10-9-20(22(30)27-21)28-23(31)15-8-7-14(12-17(15)24(28)32)13-26-19-6-3-11-25-18-5-2-1-4-16(18)19/h1-2,4-5,7-8,12,19-20,25-26H,3,6,9-11,13H2,(H,27,29,30). The van der Waals surface area contributed by atoms with Gasteiger partial charge in [-0.3, -0.25) is 29.4 Å². The van der Waals surface area contributed by atoms with Crippen molar-refractivity contribution >= 4 is 29.3 Å². The first-order valence-corrected chi connectivity index (χ1v) is 10.9. The lowest BCUT2D eigenvalue weighted by atomic mass is 10.0. The molecule has 2 aromatic carbocycles. The third-order valence-corrected chi connectivity index (χ3v) is 6.38. The summed E-state index contributed by atoms with van der Waals surface area (Å²) < 4.78 is 0. The highest BCUT2D eigenvalue weighted by atomic mass is 16.2. The smallest absolute Gasteiger partial charge is 0.262 e. The first kappa shape index (κ1) is 20.4. The van der Waals surface area contributed by atoms with Gasteiger partial charge >= 0.3 is 0 Å². The number of nitrogens with zero attached hydrogens (tertiary/aromatic N) is 1. The number of nitrogens with one attached hydrogen (secondary N) is 3. The number of piperidine rings is 1. The van der Waals surface area contributed by atoms with E-state index in [2.05, 4.69) is 28.1 Å². The lowest BCUT2D eigenvalue weighted by Gasteiger charge is -2.27. The van der Waals surface area contributed by atoms with Crippen molar-refractivity contribution in [3.8, 4) is 0 Å². The van der Waals surface area contributed by atoms with Crippen LogP contribution in [-0.2, 0) is 16.1 Å². The molecular formula is C24H24N4O4. The van der Waals surface area contributed by atoms with Gasteiger partial charge in [0.2, 0.25) is 11.8 Å². The highest BCUT2D eigenvalue weighted by Gasteiger charge is 2.44. The normalized spacial score (nSPS) is 22.7. The van der Waals surface area contributed by atoms with Crippen molar-refractivity contribution in [1.82, 2.24) is 15.5 Å². The number of para-hydroxylation sites is 1. The van der Waals surface area contributed by atoms with Crippen molar-refractivity contribution in [2.45, 2.75) is 44.3 Å². The molecule has 2 atom stereocenters. The molecule has 0 aliphatic carbocycles. The maximum Gasteiger partial charge on any atom is 0.262 e. The van der Waals surface area contributed by atoms with E-state index in [1.54, 1.807) is 12.1 Å². The van der Waals surface area contributed by atoms with Crippen molar-refractivity contribution in [3.05, 3.63) is 64.7 Å². The molecule has 0 aromatic heterocycles. The molecule has 4 amide bonds. The molecule has 0 spiro atoms. The number of anilines is 1. The van der Waals surface area contributed by atoms with Crippen LogP contribution < -0.4 is 16.0 Å². The van der Waals surface area contributed by atoms with Crippen molar-refractivity contribution in [2.24, 2.45) is 0 Å². The van der Waals surface area contributed by atoms with E-state index >= 15 is 0 Å². The molecule has 3 N–H and O–H groups in total. The molecule has 0 bridgehead atoms. The Hall–Kier alpha value is -3.52. The van der Waals surface area contributed by atoms with Crippen LogP contribution in [0.25, 0.3) is 0 Å². The Morgan fingerprint density at radius 1 is 0.969 bits per heavy atom. The number of benzene rings is 2. The topological polar surface area (TPSA) is 108 Å². The molecule has 32 heavy (non-hydrogen) atoms. The van der Waals surface area contributed by atoms with E-state index < -0.39 is 23.8 Å². The maximum absolute atomic E-state index is 13.0. The Morgan fingerprint density at radius 3 is 2.62 bits per heavy atom. The van der Waals surface area contributed by atoms with Crippen molar-refractivity contribution in [3.63, 3.8) is 0 Å². The van der Waals surface area contributed by atoms with E-state index in [9.17, 15) is 19.2 Å². The third-order valence-electron chi connectivity index (χ3n) is 6.38. The van der Waals surface area contributed by atoms with Gasteiger partial charge in [0.15, 0.2) is 0 Å². The zero-order valence-electron chi connectivity index (χ0n) is 17.5. The molecule has 0 saturated carbocycles. The highest BCUT2D eigenvalue weighted by molar-refractivity contribution is 6.23. The van der Waals surface area contributed by atoms with Crippen LogP contribution in [0.4, 0.5) is 5.69 Å². The minimum atomic E-state index is -0.948. The summed E-state index contributed by atoms with van der Waals surface area (Å²) >= 11 is 0. The maximum atomic E-state index is 13.0. The minimum Gasteiger partial charge on any atom is -0.385 e. The number of imide groups is 2. The molecule has 3 heterocycles. The molecule has 3 aliphatic rings. The fourth-order valence-corrected chi connectivity index (χ4v) is 4.73. The molecule has 8 heteroatoms. The van der Waals surface area contributed by atoms with Crippen LogP contribution >= 0.6 is 0 Å². The Kier molecular flexibility index (Phi) is 5.22. The van der Waals surface area contributed by atoms with E-state index in [1.807, 2.05) is 18.2 Å². The van der Waals surface area contributed by atoms with Crippen molar-refractivity contribution in [2.75, 3.05) is 11.9 Å². The number of fused-ring (bicyclic) bond motifs is 2. The van der Waals surface area contributed by atoms with Crippen LogP contribution in [0.15, 0.2) is 42.5 Å². The van der Waals surface area contributed by atoms with Crippen LogP contribution in [0.2, 0.25) is 0 Å². The second-order valence-corrected chi connectivity index (χ2v) is 8.42. The number of carbonyl (C=O) groups is 4. The number of hydrogen-bond acceptors (Lipinski definition) is 6. The number of carbonyl (C=O) groups excluding carboxylic acids is 4. The van der Waals surface area contributed by atoms with Gasteiger partial charge in [-0.25, -0.2) is 0 Å². The fourth-order valence-electron chi connectivity index (χ4n) is 4.73. The van der Waals surface area contributed by atoms with E-state index in [0.29, 0.717) is 17.7 Å². The van der Waals surface area contributed by atoms with Gasteiger partial charge in [-0.2, -0.15) is 0 Å². The number of hydrogen-bond donors (Lipinski definition) is 3. The first-order chi connectivity index (χ1) is 15.5. The summed E-state index contributed by atoms with van der Waals surface area (Å²) in [5, 5.41) is 9.26. The Bertz CT molecular complexity index is 1130. The lowest BCUT2D eigenvalue weighted by Crippen LogP contribution is -2.54. The molecular weight excluding hydrogens is 408 g/mol. The van der Waals surface area contributed by atoms with Gasteiger partial charge in [0.1, 0.15) is 6.04 Å². The average molecular weight is 432 g/mol. The average Bonchev–Trinajstić information content (AvgIpc) is 2.93. The van der Waals surface area contributed by atoms with Gasteiger partial charge in [-0.15, -0.1) is 0 Å². The molecule has 0 radical (unpaired) electrons. The molecule has 1 saturated heterocycles. The van der Waals surface area contributed by atoms with Gasteiger partial charge in [0, 0.05) is 31.2 Å². The summed E-state index contributed by atoms with van der Waals surface area (Å²) in [7, 11) is 0. The van der Waals surface area contributed by atoms with Crippen LogP contribution in [0.5, 0.6) is 0 Å². The quantitative estimate of drug-likeness (QED) is 0.639. The van der Waals surface area contributed by atoms with Crippen LogP contribution in [-0.4, -0.2) is 41.1 Å². The fraction of sp³-hybridized carbons (Fsp3) is 0.333. The molecule has 5 rings (SSSR count). The molecule has 8 nitrogen and oxygen atoms in total.